The number of likely N-dealkylation sites (tertiary alicyclic amines) is 1. The number of amides is 1. The van der Waals surface area contributed by atoms with E-state index in [1.54, 1.807) is 0 Å². The number of carbonyl (C=O) groups excluding carboxylic acids is 1. The molecule has 0 saturated carbocycles. The highest BCUT2D eigenvalue weighted by atomic mass is 127. The summed E-state index contributed by atoms with van der Waals surface area (Å²) in [6.45, 7) is 3.78. The van der Waals surface area contributed by atoms with Gasteiger partial charge in [0.25, 0.3) is 5.88 Å². The first kappa shape index (κ1) is 25.2. The van der Waals surface area contributed by atoms with Crippen LogP contribution in [0.4, 0.5) is 0 Å². The first-order valence-electron chi connectivity index (χ1n) is 12.2. The van der Waals surface area contributed by atoms with Crippen LogP contribution in [-0.2, 0) is 30.0 Å². The number of aromatic nitrogens is 2. The Hall–Kier alpha value is -3.46. The predicted molar refractivity (Wildman–Crippen MR) is 150 cm³/mol. The molecule has 7 heteroatoms. The third kappa shape index (κ3) is 6.10. The molecule has 1 amide bonds. The zero-order chi connectivity index (χ0) is 25.7. The molecule has 0 radical (unpaired) electrons. The molecule has 0 N–H and O–H groups in total. The number of halogens is 1. The maximum Gasteiger partial charge on any atom is 0.260 e. The van der Waals surface area contributed by atoms with Crippen LogP contribution in [0.25, 0.3) is 0 Å². The van der Waals surface area contributed by atoms with E-state index in [4.69, 9.17) is 9.47 Å². The Balaban J connectivity index is 1.38. The summed E-state index contributed by atoms with van der Waals surface area (Å²) in [4.78, 5) is 23.9. The third-order valence-electron chi connectivity index (χ3n) is 6.60. The van der Waals surface area contributed by atoms with Gasteiger partial charge < -0.3 is 14.4 Å². The fourth-order valence-electron chi connectivity index (χ4n) is 4.59. The summed E-state index contributed by atoms with van der Waals surface area (Å²) >= 11 is 2.30. The van der Waals surface area contributed by atoms with Crippen LogP contribution in [0.2, 0.25) is 0 Å². The first-order valence-corrected chi connectivity index (χ1v) is 13.3. The van der Waals surface area contributed by atoms with Crippen molar-refractivity contribution >= 4 is 28.5 Å². The van der Waals surface area contributed by atoms with Gasteiger partial charge in [-0.15, -0.1) is 0 Å². The maximum absolute atomic E-state index is 13.1. The van der Waals surface area contributed by atoms with Crippen molar-refractivity contribution in [1.29, 1.82) is 0 Å². The van der Waals surface area contributed by atoms with E-state index in [0.29, 0.717) is 50.0 Å². The van der Waals surface area contributed by atoms with Gasteiger partial charge in [-0.1, -0.05) is 79.7 Å². The maximum atomic E-state index is 13.1. The molecule has 188 valence electrons. The lowest BCUT2D eigenvalue weighted by molar-refractivity contribution is -0.128. The Morgan fingerprint density at radius 3 is 2.14 bits per heavy atom. The van der Waals surface area contributed by atoms with Gasteiger partial charge in [0.1, 0.15) is 25.2 Å². The molecule has 1 saturated heterocycles. The minimum absolute atomic E-state index is 0.0976. The molecule has 1 unspecified atom stereocenters. The Labute approximate surface area is 230 Å². The van der Waals surface area contributed by atoms with Crippen molar-refractivity contribution in [2.24, 2.45) is 0 Å². The molecule has 0 bridgehead atoms. The van der Waals surface area contributed by atoms with Crippen molar-refractivity contribution in [1.82, 2.24) is 14.9 Å². The molecule has 1 fully saturated rings. The highest BCUT2D eigenvalue weighted by molar-refractivity contribution is 14.1. The monoisotopic (exact) mass is 605 g/mol. The number of nitrogens with zero attached hydrogens (tertiary/aromatic N) is 3. The molecule has 0 aliphatic carbocycles. The molecule has 6 nitrogen and oxygen atoms in total. The highest BCUT2D eigenvalue weighted by Crippen LogP contribution is 2.37. The van der Waals surface area contributed by atoms with Crippen molar-refractivity contribution < 1.29 is 14.3 Å². The van der Waals surface area contributed by atoms with E-state index in [1.807, 2.05) is 65.6 Å². The zero-order valence-corrected chi connectivity index (χ0v) is 22.8. The molecule has 1 aliphatic heterocycles. The SMILES string of the molecule is CC1(c2ccc(I)cc2)CC(=O)N(Cc2ncnc(OCc3ccccc3)c2OCc2ccccc2)C1. The molecule has 2 heterocycles. The second kappa shape index (κ2) is 11.3. The minimum atomic E-state index is -0.258. The summed E-state index contributed by atoms with van der Waals surface area (Å²) in [5.74, 6) is 0.940. The van der Waals surface area contributed by atoms with Gasteiger partial charge in [-0.3, -0.25) is 4.79 Å². The topological polar surface area (TPSA) is 64.6 Å². The van der Waals surface area contributed by atoms with Gasteiger partial charge in [-0.05, 0) is 51.4 Å². The molecule has 4 aromatic rings. The molecule has 3 aromatic carbocycles. The summed E-state index contributed by atoms with van der Waals surface area (Å²) in [5.41, 5.74) is 3.59. The lowest BCUT2D eigenvalue weighted by Crippen LogP contribution is -2.29. The first-order chi connectivity index (χ1) is 18.0. The Morgan fingerprint density at radius 2 is 1.49 bits per heavy atom. The molecule has 0 spiro atoms. The van der Waals surface area contributed by atoms with E-state index < -0.39 is 0 Å². The van der Waals surface area contributed by atoms with E-state index in [9.17, 15) is 4.79 Å². The smallest absolute Gasteiger partial charge is 0.260 e. The van der Waals surface area contributed by atoms with E-state index in [2.05, 4.69) is 63.7 Å². The second-order valence-corrected chi connectivity index (χ2v) is 10.7. The number of carbonyl (C=O) groups is 1. The summed E-state index contributed by atoms with van der Waals surface area (Å²) < 4.78 is 13.5. The quantitative estimate of drug-likeness (QED) is 0.222. The molecule has 5 rings (SSSR count). The van der Waals surface area contributed by atoms with Crippen LogP contribution in [-0.4, -0.2) is 27.3 Å². The van der Waals surface area contributed by atoms with Crippen molar-refractivity contribution in [2.75, 3.05) is 6.54 Å². The fourth-order valence-corrected chi connectivity index (χ4v) is 4.95. The van der Waals surface area contributed by atoms with Crippen molar-refractivity contribution in [3.8, 4) is 11.6 Å². The summed E-state index contributed by atoms with van der Waals surface area (Å²) in [5, 5.41) is 0. The van der Waals surface area contributed by atoms with Crippen molar-refractivity contribution in [3.05, 3.63) is 117 Å². The van der Waals surface area contributed by atoms with Gasteiger partial charge in [0.15, 0.2) is 0 Å². The number of rotatable bonds is 9. The fraction of sp³-hybridized carbons (Fsp3) is 0.233. The van der Waals surface area contributed by atoms with Gasteiger partial charge in [0.05, 0.1) is 6.54 Å². The summed E-state index contributed by atoms with van der Waals surface area (Å²) in [6, 6.07) is 28.3. The molecule has 1 aliphatic rings. The average Bonchev–Trinajstić information content (AvgIpc) is 3.22. The van der Waals surface area contributed by atoms with Gasteiger partial charge in [-0.2, -0.15) is 4.98 Å². The number of hydrogen-bond donors (Lipinski definition) is 0. The van der Waals surface area contributed by atoms with Crippen LogP contribution in [0, 0.1) is 3.57 Å². The summed E-state index contributed by atoms with van der Waals surface area (Å²) in [7, 11) is 0. The predicted octanol–water partition coefficient (Wildman–Crippen LogP) is 5.93. The van der Waals surface area contributed by atoms with Crippen molar-refractivity contribution in [3.63, 3.8) is 0 Å². The number of ether oxygens (including phenoxy) is 2. The molecular formula is C30H28IN3O3. The van der Waals surface area contributed by atoms with Crippen LogP contribution < -0.4 is 9.47 Å². The van der Waals surface area contributed by atoms with E-state index in [1.165, 1.54) is 15.5 Å². The average molecular weight is 605 g/mol. The Morgan fingerprint density at radius 1 is 0.865 bits per heavy atom. The summed E-state index contributed by atoms with van der Waals surface area (Å²) in [6.07, 6.45) is 1.93. The van der Waals surface area contributed by atoms with Gasteiger partial charge in [0, 0.05) is 22.0 Å². The standard InChI is InChI=1S/C30H28IN3O3/c1-30(24-12-14-25(31)15-13-24)16-27(35)34(20-30)17-26-28(36-18-22-8-4-2-5-9-22)29(33-21-32-26)37-19-23-10-6-3-7-11-23/h2-15,21H,16-20H2,1H3. The van der Waals surface area contributed by atoms with E-state index >= 15 is 0 Å². The van der Waals surface area contributed by atoms with Crippen LogP contribution in [0.5, 0.6) is 11.6 Å². The lowest BCUT2D eigenvalue weighted by Gasteiger charge is -2.25. The van der Waals surface area contributed by atoms with Crippen LogP contribution in [0.1, 0.15) is 35.7 Å². The van der Waals surface area contributed by atoms with Gasteiger partial charge in [-0.25, -0.2) is 4.98 Å². The largest absolute Gasteiger partial charge is 0.482 e. The molecule has 37 heavy (non-hydrogen) atoms. The van der Waals surface area contributed by atoms with Crippen LogP contribution in [0.3, 0.4) is 0 Å². The normalized spacial score (nSPS) is 17.1. The molecule has 1 atom stereocenters. The van der Waals surface area contributed by atoms with Crippen molar-refractivity contribution in [2.45, 2.75) is 38.5 Å². The second-order valence-electron chi connectivity index (χ2n) is 9.50. The highest BCUT2D eigenvalue weighted by Gasteiger charge is 2.41. The Kier molecular flexibility index (Phi) is 7.69. The minimum Gasteiger partial charge on any atom is -0.482 e. The van der Waals surface area contributed by atoms with Crippen LogP contribution in [0.15, 0.2) is 91.3 Å². The molecule has 1 aromatic heterocycles. The number of benzene rings is 3. The van der Waals surface area contributed by atoms with Gasteiger partial charge >= 0.3 is 0 Å². The third-order valence-corrected chi connectivity index (χ3v) is 7.32. The number of hydrogen-bond acceptors (Lipinski definition) is 5. The van der Waals surface area contributed by atoms with Crippen LogP contribution >= 0.6 is 22.6 Å². The van der Waals surface area contributed by atoms with E-state index in [-0.39, 0.29) is 11.3 Å². The van der Waals surface area contributed by atoms with Gasteiger partial charge in [0.2, 0.25) is 11.7 Å². The molecular weight excluding hydrogens is 577 g/mol. The van der Waals surface area contributed by atoms with E-state index in [0.717, 1.165) is 11.1 Å². The lowest BCUT2D eigenvalue weighted by atomic mass is 9.82. The zero-order valence-electron chi connectivity index (χ0n) is 20.6. The Bertz CT molecular complexity index is 1350.